The number of ether oxygens (including phenoxy) is 1. The van der Waals surface area contributed by atoms with E-state index in [4.69, 9.17) is 14.1 Å². The van der Waals surface area contributed by atoms with E-state index in [0.29, 0.717) is 0 Å². The van der Waals surface area contributed by atoms with Crippen LogP contribution >= 0.6 is 11.3 Å². The molecule has 0 spiro atoms. The van der Waals surface area contributed by atoms with Gasteiger partial charge in [0, 0.05) is 37.4 Å². The fourth-order valence-corrected chi connectivity index (χ4v) is 3.69. The van der Waals surface area contributed by atoms with Crippen molar-refractivity contribution in [3.05, 3.63) is 47.4 Å². The van der Waals surface area contributed by atoms with Gasteiger partial charge in [-0.25, -0.2) is 4.98 Å². The molecule has 7 heteroatoms. The van der Waals surface area contributed by atoms with E-state index in [9.17, 15) is 0 Å². The quantitative estimate of drug-likeness (QED) is 0.712. The molecule has 126 valence electrons. The molecule has 4 rings (SSSR count). The SMILES string of the molecule is Cc1ccc(-c2nc(CN3CCO[C@H](Cn4cccn4)C3)cs2)o1. The molecular formula is C17H20N4O2S. The van der Waals surface area contributed by atoms with Gasteiger partial charge in [-0.3, -0.25) is 9.58 Å². The van der Waals surface area contributed by atoms with Crippen LogP contribution in [0.5, 0.6) is 0 Å². The van der Waals surface area contributed by atoms with E-state index in [-0.39, 0.29) is 6.10 Å². The minimum Gasteiger partial charge on any atom is -0.459 e. The van der Waals surface area contributed by atoms with Crippen LogP contribution in [-0.4, -0.2) is 45.5 Å². The van der Waals surface area contributed by atoms with Crippen LogP contribution in [0.15, 0.2) is 40.4 Å². The van der Waals surface area contributed by atoms with Crippen molar-refractivity contribution in [1.82, 2.24) is 19.7 Å². The number of furan rings is 1. The summed E-state index contributed by atoms with van der Waals surface area (Å²) in [5, 5.41) is 7.32. The Hall–Kier alpha value is -1.96. The van der Waals surface area contributed by atoms with Gasteiger partial charge in [0.15, 0.2) is 10.8 Å². The molecule has 1 atom stereocenters. The van der Waals surface area contributed by atoms with Gasteiger partial charge in [0.2, 0.25) is 0 Å². The number of aromatic nitrogens is 3. The van der Waals surface area contributed by atoms with E-state index < -0.39 is 0 Å². The van der Waals surface area contributed by atoms with Crippen molar-refractivity contribution >= 4 is 11.3 Å². The lowest BCUT2D eigenvalue weighted by molar-refractivity contribution is -0.0405. The van der Waals surface area contributed by atoms with Crippen LogP contribution in [0.1, 0.15) is 11.5 Å². The topological polar surface area (TPSA) is 56.3 Å². The lowest BCUT2D eigenvalue weighted by atomic mass is 10.2. The number of rotatable bonds is 5. The second-order valence-corrected chi connectivity index (χ2v) is 6.87. The smallest absolute Gasteiger partial charge is 0.162 e. The average Bonchev–Trinajstić information content (AvgIpc) is 3.30. The predicted molar refractivity (Wildman–Crippen MR) is 91.8 cm³/mol. The Kier molecular flexibility index (Phi) is 4.46. The molecule has 0 saturated carbocycles. The third kappa shape index (κ3) is 3.58. The summed E-state index contributed by atoms with van der Waals surface area (Å²) in [5.41, 5.74) is 1.09. The van der Waals surface area contributed by atoms with Crippen LogP contribution in [-0.2, 0) is 17.8 Å². The summed E-state index contributed by atoms with van der Waals surface area (Å²) >= 11 is 1.63. The molecule has 3 aromatic rings. The summed E-state index contributed by atoms with van der Waals surface area (Å²) in [6, 6.07) is 5.89. The lowest BCUT2D eigenvalue weighted by Gasteiger charge is -2.32. The Morgan fingerprint density at radius 3 is 3.12 bits per heavy atom. The standard InChI is InChI=1S/C17H20N4O2S/c1-13-3-4-16(23-13)17-19-14(12-24-17)9-20-7-8-22-15(10-20)11-21-6-2-5-18-21/h2-6,12,15H,7-11H2,1H3/t15-/m0/s1. The summed E-state index contributed by atoms with van der Waals surface area (Å²) < 4.78 is 13.4. The van der Waals surface area contributed by atoms with Crippen LogP contribution in [0.3, 0.4) is 0 Å². The molecule has 0 unspecified atom stereocenters. The van der Waals surface area contributed by atoms with E-state index in [2.05, 4.69) is 15.4 Å². The molecule has 4 heterocycles. The Morgan fingerprint density at radius 2 is 2.33 bits per heavy atom. The zero-order valence-corrected chi connectivity index (χ0v) is 14.4. The van der Waals surface area contributed by atoms with Crippen LogP contribution in [0.2, 0.25) is 0 Å². The third-order valence-corrected chi connectivity index (χ3v) is 4.97. The fraction of sp³-hybridized carbons (Fsp3) is 0.412. The number of nitrogens with zero attached hydrogens (tertiary/aromatic N) is 4. The molecule has 1 saturated heterocycles. The first-order valence-corrected chi connectivity index (χ1v) is 8.97. The van der Waals surface area contributed by atoms with Gasteiger partial charge in [-0.05, 0) is 25.1 Å². The Morgan fingerprint density at radius 1 is 1.38 bits per heavy atom. The van der Waals surface area contributed by atoms with E-state index >= 15 is 0 Å². The molecule has 0 aliphatic carbocycles. The molecule has 0 aromatic carbocycles. The summed E-state index contributed by atoms with van der Waals surface area (Å²) in [5.74, 6) is 1.76. The summed E-state index contributed by atoms with van der Waals surface area (Å²) in [4.78, 5) is 7.11. The molecule has 24 heavy (non-hydrogen) atoms. The molecule has 6 nitrogen and oxygen atoms in total. The number of hydrogen-bond donors (Lipinski definition) is 0. The first-order chi connectivity index (χ1) is 11.8. The van der Waals surface area contributed by atoms with Gasteiger partial charge in [-0.1, -0.05) is 0 Å². The Bertz CT molecular complexity index is 780. The van der Waals surface area contributed by atoms with Crippen LogP contribution in [0, 0.1) is 6.92 Å². The number of morpholine rings is 1. The molecule has 0 radical (unpaired) electrons. The second kappa shape index (κ2) is 6.88. The van der Waals surface area contributed by atoms with Crippen molar-refractivity contribution in [2.24, 2.45) is 0 Å². The van der Waals surface area contributed by atoms with Gasteiger partial charge in [-0.15, -0.1) is 11.3 Å². The lowest BCUT2D eigenvalue weighted by Crippen LogP contribution is -2.43. The highest BCUT2D eigenvalue weighted by Gasteiger charge is 2.22. The van der Waals surface area contributed by atoms with Crippen molar-refractivity contribution in [1.29, 1.82) is 0 Å². The van der Waals surface area contributed by atoms with Crippen LogP contribution in [0.4, 0.5) is 0 Å². The average molecular weight is 344 g/mol. The molecule has 1 aliphatic heterocycles. The molecule has 0 amide bonds. The van der Waals surface area contributed by atoms with Gasteiger partial charge < -0.3 is 9.15 Å². The molecule has 0 N–H and O–H groups in total. The van der Waals surface area contributed by atoms with Crippen molar-refractivity contribution in [3.63, 3.8) is 0 Å². The minimum atomic E-state index is 0.171. The first-order valence-electron chi connectivity index (χ1n) is 8.09. The van der Waals surface area contributed by atoms with Gasteiger partial charge in [0.05, 0.1) is 24.9 Å². The van der Waals surface area contributed by atoms with Gasteiger partial charge in [0.25, 0.3) is 0 Å². The zero-order valence-electron chi connectivity index (χ0n) is 13.6. The number of hydrogen-bond acceptors (Lipinski definition) is 6. The van der Waals surface area contributed by atoms with Crippen LogP contribution in [0.25, 0.3) is 10.8 Å². The summed E-state index contributed by atoms with van der Waals surface area (Å²) in [6.45, 7) is 6.16. The summed E-state index contributed by atoms with van der Waals surface area (Å²) in [7, 11) is 0. The van der Waals surface area contributed by atoms with Gasteiger partial charge >= 0.3 is 0 Å². The largest absolute Gasteiger partial charge is 0.459 e. The third-order valence-electron chi connectivity index (χ3n) is 4.06. The molecule has 1 fully saturated rings. The highest BCUT2D eigenvalue weighted by atomic mass is 32.1. The predicted octanol–water partition coefficient (Wildman–Crippen LogP) is 2.81. The maximum Gasteiger partial charge on any atom is 0.162 e. The van der Waals surface area contributed by atoms with Crippen molar-refractivity contribution in [2.45, 2.75) is 26.1 Å². The first kappa shape index (κ1) is 15.6. The normalized spacial score (nSPS) is 19.0. The molecule has 1 aliphatic rings. The maximum absolute atomic E-state index is 5.86. The van der Waals surface area contributed by atoms with Crippen LogP contribution < -0.4 is 0 Å². The van der Waals surface area contributed by atoms with E-state index in [1.165, 1.54) is 0 Å². The molecule has 0 bridgehead atoms. The Labute approximate surface area is 144 Å². The van der Waals surface area contributed by atoms with E-state index in [1.807, 2.05) is 36.0 Å². The number of thiazole rings is 1. The van der Waals surface area contributed by atoms with Crippen molar-refractivity contribution in [3.8, 4) is 10.8 Å². The van der Waals surface area contributed by atoms with Crippen molar-refractivity contribution in [2.75, 3.05) is 19.7 Å². The Balaban J connectivity index is 1.37. The zero-order chi connectivity index (χ0) is 16.4. The molecular weight excluding hydrogens is 324 g/mol. The van der Waals surface area contributed by atoms with Gasteiger partial charge in [-0.2, -0.15) is 5.10 Å². The summed E-state index contributed by atoms with van der Waals surface area (Å²) in [6.07, 6.45) is 3.94. The molecule has 3 aromatic heterocycles. The highest BCUT2D eigenvalue weighted by Crippen LogP contribution is 2.26. The number of aryl methyl sites for hydroxylation is 1. The van der Waals surface area contributed by atoms with E-state index in [0.717, 1.165) is 55.0 Å². The highest BCUT2D eigenvalue weighted by molar-refractivity contribution is 7.13. The maximum atomic E-state index is 5.86. The van der Waals surface area contributed by atoms with Crippen molar-refractivity contribution < 1.29 is 9.15 Å². The fourth-order valence-electron chi connectivity index (χ4n) is 2.92. The monoisotopic (exact) mass is 344 g/mol. The van der Waals surface area contributed by atoms with Gasteiger partial charge in [0.1, 0.15) is 5.76 Å². The minimum absolute atomic E-state index is 0.171. The van der Waals surface area contributed by atoms with E-state index in [1.54, 1.807) is 17.5 Å². The second-order valence-electron chi connectivity index (χ2n) is 6.01.